The summed E-state index contributed by atoms with van der Waals surface area (Å²) in [5.74, 6) is 0.447. The number of aromatic nitrogens is 3. The second-order valence-electron chi connectivity index (χ2n) is 6.05. The van der Waals surface area contributed by atoms with E-state index in [0.29, 0.717) is 20.2 Å². The first-order valence-corrected chi connectivity index (χ1v) is 11.3. The number of phenolic OH excluding ortho intramolecular Hbond substituents is 1. The lowest BCUT2D eigenvalue weighted by atomic mass is 10.0. The van der Waals surface area contributed by atoms with Crippen LogP contribution < -0.4 is 20.3 Å². The van der Waals surface area contributed by atoms with Crippen molar-refractivity contribution in [3.05, 3.63) is 54.3 Å². The molecule has 3 N–H and O–H groups in total. The molecule has 0 amide bonds. The topological polar surface area (TPSA) is 91.1 Å². The van der Waals surface area contributed by atoms with E-state index in [1.54, 1.807) is 10.7 Å². The Morgan fingerprint density at radius 1 is 1.36 bits per heavy atom. The van der Waals surface area contributed by atoms with Crippen LogP contribution in [-0.4, -0.2) is 28.6 Å². The van der Waals surface area contributed by atoms with Gasteiger partial charge >= 0.3 is 11.3 Å². The molecule has 0 radical (unpaired) electrons. The molecule has 0 saturated carbocycles. The van der Waals surface area contributed by atoms with E-state index in [-0.39, 0.29) is 11.3 Å². The predicted octanol–water partition coefficient (Wildman–Crippen LogP) is 3.50. The van der Waals surface area contributed by atoms with Gasteiger partial charge in [0.15, 0.2) is 11.5 Å². The molecule has 1 atom stereocenters. The summed E-state index contributed by atoms with van der Waals surface area (Å²) in [6.45, 7) is 0. The first kappa shape index (κ1) is 19.5. The van der Waals surface area contributed by atoms with Gasteiger partial charge in [-0.25, -0.2) is 0 Å². The van der Waals surface area contributed by atoms with E-state index in [9.17, 15) is 9.90 Å². The van der Waals surface area contributed by atoms with Crippen LogP contribution in [0, 0.1) is 3.57 Å². The highest BCUT2D eigenvalue weighted by atomic mass is 127. The van der Waals surface area contributed by atoms with Gasteiger partial charge in [0.2, 0.25) is 5.16 Å². The maximum absolute atomic E-state index is 12.9. The summed E-state index contributed by atoms with van der Waals surface area (Å²) in [6, 6.07) is 9.31. The van der Waals surface area contributed by atoms with Crippen molar-refractivity contribution in [1.29, 1.82) is 0 Å². The molecule has 0 bridgehead atoms. The quantitative estimate of drug-likeness (QED) is 0.252. The van der Waals surface area contributed by atoms with Gasteiger partial charge in [-0.05, 0) is 63.9 Å². The molecule has 2 aromatic carbocycles. The maximum atomic E-state index is 12.9. The Labute approximate surface area is 186 Å². The number of H-pyrrole nitrogens is 1. The van der Waals surface area contributed by atoms with Gasteiger partial charge < -0.3 is 15.2 Å². The minimum absolute atomic E-state index is 0.0842. The summed E-state index contributed by atoms with van der Waals surface area (Å²) in [6.07, 6.45) is 1.41. The molecule has 0 aliphatic carbocycles. The predicted molar refractivity (Wildman–Crippen MR) is 119 cm³/mol. The first-order valence-electron chi connectivity index (χ1n) is 8.16. The summed E-state index contributed by atoms with van der Waals surface area (Å²) >= 11 is 6.89. The number of rotatable bonds is 3. The average Bonchev–Trinajstić information content (AvgIpc) is 2.68. The normalized spacial score (nSPS) is 14.8. The number of aromatic amines is 1. The molecule has 2 heterocycles. The third kappa shape index (κ3) is 3.26. The van der Waals surface area contributed by atoms with E-state index in [0.717, 1.165) is 21.3 Å². The van der Waals surface area contributed by atoms with Crippen LogP contribution in [0.25, 0.3) is 11.3 Å². The van der Waals surface area contributed by atoms with Crippen LogP contribution in [0.2, 0.25) is 0 Å². The zero-order valence-electron chi connectivity index (χ0n) is 14.8. The molecule has 0 saturated heterocycles. The van der Waals surface area contributed by atoms with Crippen LogP contribution in [0.5, 0.6) is 11.5 Å². The molecule has 144 valence electrons. The second kappa shape index (κ2) is 7.56. The molecule has 1 aliphatic heterocycles. The van der Waals surface area contributed by atoms with Crippen molar-refractivity contribution in [2.45, 2.75) is 11.3 Å². The van der Waals surface area contributed by atoms with Crippen molar-refractivity contribution in [3.8, 4) is 22.8 Å². The zero-order valence-corrected chi connectivity index (χ0v) is 19.3. The van der Waals surface area contributed by atoms with Gasteiger partial charge in [-0.15, -0.1) is 0 Å². The van der Waals surface area contributed by atoms with Crippen molar-refractivity contribution < 1.29 is 14.5 Å². The van der Waals surface area contributed by atoms with Crippen LogP contribution in [-0.2, 0) is 0 Å². The van der Waals surface area contributed by atoms with Crippen molar-refractivity contribution in [1.82, 2.24) is 10.1 Å². The number of methoxy groups -OCH3 is 1. The number of hydrogen-bond donors (Lipinski definition) is 3. The Kier molecular flexibility index (Phi) is 5.27. The number of nitrogens with zero attached hydrogens (tertiary/aromatic N) is 2. The third-order valence-corrected chi connectivity index (χ3v) is 6.30. The number of thioether (sulfide) groups is 1. The highest BCUT2D eigenvalue weighted by Crippen LogP contribution is 2.38. The lowest BCUT2D eigenvalue weighted by Gasteiger charge is -2.23. The van der Waals surface area contributed by atoms with E-state index < -0.39 is 6.17 Å². The number of anilines is 1. The Hall–Kier alpha value is -1.79. The molecule has 10 heteroatoms. The van der Waals surface area contributed by atoms with Crippen LogP contribution in [0.4, 0.5) is 5.69 Å². The molecule has 28 heavy (non-hydrogen) atoms. The lowest BCUT2D eigenvalue weighted by Crippen LogP contribution is -2.55. The largest absolute Gasteiger partial charge is 0.504 e. The summed E-state index contributed by atoms with van der Waals surface area (Å²) in [4.78, 5) is 15.7. The number of phenols is 1. The number of benzene rings is 2. The molecule has 3 aromatic rings. The SMILES string of the molecule is COc1cc([C@@H]2Nc3ccc(Br)cc3-c3c(=O)[nH]c(SC)n[n+]32)cc(I)c1O. The lowest BCUT2D eigenvalue weighted by molar-refractivity contribution is -0.759. The van der Waals surface area contributed by atoms with Crippen molar-refractivity contribution in [2.24, 2.45) is 0 Å². The minimum Gasteiger partial charge on any atom is -0.504 e. The van der Waals surface area contributed by atoms with Gasteiger partial charge in [0.1, 0.15) is 0 Å². The molecule has 7 nitrogen and oxygen atoms in total. The Bertz CT molecular complexity index is 1150. The van der Waals surface area contributed by atoms with Crippen molar-refractivity contribution >= 4 is 56.0 Å². The molecule has 1 aliphatic rings. The van der Waals surface area contributed by atoms with Crippen molar-refractivity contribution in [2.75, 3.05) is 18.7 Å². The van der Waals surface area contributed by atoms with Gasteiger partial charge in [-0.3, -0.25) is 9.78 Å². The fraction of sp³-hybridized carbons (Fsp3) is 0.167. The Morgan fingerprint density at radius 3 is 2.86 bits per heavy atom. The number of halogens is 2. The molecular formula is C18H15BrIN4O3S+. The van der Waals surface area contributed by atoms with Gasteiger partial charge in [-0.2, -0.15) is 0 Å². The van der Waals surface area contributed by atoms with Crippen LogP contribution in [0.15, 0.2) is 44.8 Å². The smallest absolute Gasteiger partial charge is 0.325 e. The third-order valence-electron chi connectivity index (χ3n) is 4.42. The highest BCUT2D eigenvalue weighted by molar-refractivity contribution is 14.1. The van der Waals surface area contributed by atoms with Crippen LogP contribution in [0.1, 0.15) is 11.7 Å². The van der Waals surface area contributed by atoms with Gasteiger partial charge in [0.05, 0.1) is 21.9 Å². The van der Waals surface area contributed by atoms with Crippen LogP contribution in [0.3, 0.4) is 0 Å². The second-order valence-corrected chi connectivity index (χ2v) is 8.92. The number of fused-ring (bicyclic) bond motifs is 3. The molecule has 0 fully saturated rings. The first-order chi connectivity index (χ1) is 13.4. The molecular weight excluding hydrogens is 559 g/mol. The van der Waals surface area contributed by atoms with E-state index in [1.165, 1.54) is 18.9 Å². The number of nitrogens with one attached hydrogen (secondary N) is 2. The fourth-order valence-electron chi connectivity index (χ4n) is 3.14. The minimum atomic E-state index is -0.445. The molecule has 4 rings (SSSR count). The van der Waals surface area contributed by atoms with Crippen molar-refractivity contribution in [3.63, 3.8) is 0 Å². The average molecular weight is 574 g/mol. The monoisotopic (exact) mass is 573 g/mol. The number of hydrogen-bond acceptors (Lipinski definition) is 6. The summed E-state index contributed by atoms with van der Waals surface area (Å²) in [5, 5.41) is 18.8. The standard InChI is InChI=1S/C18H14BrIN4O3S/c1-27-13-6-8(5-11(20)15(13)25)16-21-12-4-3-9(19)7-10(12)14-17(26)22-18(28-2)23-24(14)16/h3-7,16H,1-2H3,(H2,22,23,25,26)/p+1/t16-/m1/s1. The molecule has 1 aromatic heterocycles. The summed E-state index contributed by atoms with van der Waals surface area (Å²) in [7, 11) is 1.51. The van der Waals surface area contributed by atoms with Gasteiger partial charge in [0, 0.05) is 15.1 Å². The molecule has 0 spiro atoms. The maximum Gasteiger partial charge on any atom is 0.325 e. The Balaban J connectivity index is 2.00. The fourth-order valence-corrected chi connectivity index (χ4v) is 4.49. The number of aromatic hydroxyl groups is 1. The Morgan fingerprint density at radius 2 is 2.14 bits per heavy atom. The van der Waals surface area contributed by atoms with E-state index in [2.05, 4.69) is 53.9 Å². The highest BCUT2D eigenvalue weighted by Gasteiger charge is 2.38. The van der Waals surface area contributed by atoms with E-state index >= 15 is 0 Å². The molecule has 0 unspecified atom stereocenters. The van der Waals surface area contributed by atoms with Gasteiger partial charge in [0.25, 0.3) is 6.17 Å². The van der Waals surface area contributed by atoms with Crippen LogP contribution >= 0.6 is 50.3 Å². The van der Waals surface area contributed by atoms with E-state index in [1.807, 2.05) is 30.5 Å². The zero-order chi connectivity index (χ0) is 20.0. The summed E-state index contributed by atoms with van der Waals surface area (Å²) in [5.41, 5.74) is 2.63. The van der Waals surface area contributed by atoms with Gasteiger partial charge in [-0.1, -0.05) is 27.7 Å². The number of ether oxygens (including phenoxy) is 1. The van der Waals surface area contributed by atoms with E-state index in [4.69, 9.17) is 4.74 Å². The summed E-state index contributed by atoms with van der Waals surface area (Å²) < 4.78 is 8.50.